The predicted octanol–water partition coefficient (Wildman–Crippen LogP) is 4.23. The Labute approximate surface area is 192 Å². The van der Waals surface area contributed by atoms with Crippen molar-refractivity contribution in [3.8, 4) is 11.3 Å². The topological polar surface area (TPSA) is 130 Å². The van der Waals surface area contributed by atoms with E-state index in [0.717, 1.165) is 0 Å². The van der Waals surface area contributed by atoms with Gasteiger partial charge in [-0.2, -0.15) is 5.10 Å². The summed E-state index contributed by atoms with van der Waals surface area (Å²) in [5.41, 5.74) is 1.82. The number of aromatic nitrogens is 4. The largest absolute Gasteiger partial charge is 0.321 e. The zero-order valence-corrected chi connectivity index (χ0v) is 18.4. The molecule has 0 atom stereocenters. The molecule has 0 bridgehead atoms. The second-order valence-corrected chi connectivity index (χ2v) is 8.95. The lowest BCUT2D eigenvalue weighted by molar-refractivity contribution is 0.102. The van der Waals surface area contributed by atoms with Crippen LogP contribution in [0.3, 0.4) is 0 Å². The fourth-order valence-corrected chi connectivity index (χ4v) is 3.94. The summed E-state index contributed by atoms with van der Waals surface area (Å²) >= 11 is 11.9. The number of benzene rings is 2. The maximum atomic E-state index is 12.5. The molecule has 0 spiro atoms. The zero-order chi connectivity index (χ0) is 22.7. The minimum atomic E-state index is -3.87. The van der Waals surface area contributed by atoms with Crippen LogP contribution in [0.15, 0.2) is 71.9 Å². The van der Waals surface area contributed by atoms with Gasteiger partial charge in [0.2, 0.25) is 5.95 Å². The number of aromatic amines is 1. The van der Waals surface area contributed by atoms with Crippen molar-refractivity contribution < 1.29 is 13.2 Å². The second-order valence-electron chi connectivity index (χ2n) is 6.45. The Kier molecular flexibility index (Phi) is 6.08. The number of carbonyl (C=O) groups excluding carboxylic acids is 1. The highest BCUT2D eigenvalue weighted by atomic mass is 35.5. The molecule has 4 rings (SSSR count). The summed E-state index contributed by atoms with van der Waals surface area (Å²) in [6.07, 6.45) is 2.85. The van der Waals surface area contributed by atoms with E-state index in [-0.39, 0.29) is 16.5 Å². The molecule has 3 N–H and O–H groups in total. The molecule has 0 unspecified atom stereocenters. The molecule has 0 aliphatic heterocycles. The Hall–Kier alpha value is -3.47. The Morgan fingerprint density at radius 3 is 2.34 bits per heavy atom. The molecule has 2 aromatic heterocycles. The first-order valence-corrected chi connectivity index (χ1v) is 11.3. The van der Waals surface area contributed by atoms with Gasteiger partial charge in [0.25, 0.3) is 15.9 Å². The number of amides is 1. The van der Waals surface area contributed by atoms with Crippen molar-refractivity contribution in [1.29, 1.82) is 0 Å². The molecule has 1 amide bonds. The molecule has 0 saturated carbocycles. The molecule has 0 saturated heterocycles. The van der Waals surface area contributed by atoms with Gasteiger partial charge in [0.1, 0.15) is 5.69 Å². The highest BCUT2D eigenvalue weighted by molar-refractivity contribution is 7.92. The minimum Gasteiger partial charge on any atom is -0.321 e. The van der Waals surface area contributed by atoms with Gasteiger partial charge in [0, 0.05) is 23.6 Å². The number of anilines is 2. The lowest BCUT2D eigenvalue weighted by atomic mass is 10.1. The van der Waals surface area contributed by atoms with Crippen LogP contribution in [0.4, 0.5) is 11.6 Å². The van der Waals surface area contributed by atoms with Crippen LogP contribution >= 0.6 is 23.2 Å². The molecule has 0 radical (unpaired) electrons. The fourth-order valence-electron chi connectivity index (χ4n) is 2.69. The maximum Gasteiger partial charge on any atom is 0.273 e. The lowest BCUT2D eigenvalue weighted by Crippen LogP contribution is -2.15. The van der Waals surface area contributed by atoms with Crippen LogP contribution < -0.4 is 10.0 Å². The van der Waals surface area contributed by atoms with Crippen molar-refractivity contribution in [3.63, 3.8) is 0 Å². The smallest absolute Gasteiger partial charge is 0.273 e. The van der Waals surface area contributed by atoms with Crippen molar-refractivity contribution in [2.45, 2.75) is 4.90 Å². The Balaban J connectivity index is 1.45. The van der Waals surface area contributed by atoms with Gasteiger partial charge in [-0.3, -0.25) is 9.89 Å². The summed E-state index contributed by atoms with van der Waals surface area (Å²) in [6, 6.07) is 13.8. The van der Waals surface area contributed by atoms with Crippen molar-refractivity contribution in [2.75, 3.05) is 10.0 Å². The zero-order valence-electron chi connectivity index (χ0n) is 16.1. The summed E-state index contributed by atoms with van der Waals surface area (Å²) < 4.78 is 27.1. The molecule has 162 valence electrons. The molecule has 2 aromatic carbocycles. The third-order valence-corrected chi connectivity index (χ3v) is 6.33. The third kappa shape index (κ3) is 4.88. The minimum absolute atomic E-state index is 0.00797. The molecular weight excluding hydrogens is 475 g/mol. The first kappa shape index (κ1) is 21.8. The third-order valence-electron chi connectivity index (χ3n) is 4.25. The van der Waals surface area contributed by atoms with E-state index in [1.54, 1.807) is 30.3 Å². The number of hydrogen-bond donors (Lipinski definition) is 3. The maximum absolute atomic E-state index is 12.5. The van der Waals surface area contributed by atoms with Gasteiger partial charge in [-0.05, 0) is 48.5 Å². The van der Waals surface area contributed by atoms with E-state index in [9.17, 15) is 13.2 Å². The van der Waals surface area contributed by atoms with Crippen LogP contribution in [-0.4, -0.2) is 34.5 Å². The van der Waals surface area contributed by atoms with E-state index in [1.165, 1.54) is 36.7 Å². The predicted molar refractivity (Wildman–Crippen MR) is 121 cm³/mol. The quantitative estimate of drug-likeness (QED) is 0.372. The molecule has 0 fully saturated rings. The number of carbonyl (C=O) groups is 1. The van der Waals surface area contributed by atoms with Gasteiger partial charge in [-0.25, -0.2) is 23.1 Å². The van der Waals surface area contributed by atoms with Crippen LogP contribution in [0, 0.1) is 0 Å². The fraction of sp³-hybridized carbons (Fsp3) is 0. The van der Waals surface area contributed by atoms with Gasteiger partial charge in [-0.1, -0.05) is 29.3 Å². The molecule has 9 nitrogen and oxygen atoms in total. The van der Waals surface area contributed by atoms with Gasteiger partial charge in [0.05, 0.1) is 20.6 Å². The van der Waals surface area contributed by atoms with E-state index in [4.69, 9.17) is 23.2 Å². The van der Waals surface area contributed by atoms with Gasteiger partial charge in [0.15, 0.2) is 0 Å². The summed E-state index contributed by atoms with van der Waals surface area (Å²) in [7, 11) is -3.87. The number of rotatable bonds is 6. The highest BCUT2D eigenvalue weighted by Crippen LogP contribution is 2.28. The molecule has 32 heavy (non-hydrogen) atoms. The standard InChI is InChI=1S/C20H14Cl2N6O3S/c21-15-7-2-12(10-16(15)22)17-11-18(27-26-17)19(29)25-13-3-5-14(6-4-13)32(30,31)28-20-23-8-1-9-24-20/h1-11H,(H,25,29)(H,26,27)(H,23,24,28). The van der Waals surface area contributed by atoms with E-state index < -0.39 is 15.9 Å². The number of nitrogens with zero attached hydrogens (tertiary/aromatic N) is 3. The monoisotopic (exact) mass is 488 g/mol. The molecule has 2 heterocycles. The Morgan fingerprint density at radius 2 is 1.66 bits per heavy atom. The first-order chi connectivity index (χ1) is 15.3. The molecular formula is C20H14Cl2N6O3S. The Bertz CT molecular complexity index is 1380. The summed E-state index contributed by atoms with van der Waals surface area (Å²) in [5.74, 6) is -0.489. The average molecular weight is 489 g/mol. The SMILES string of the molecule is O=C(Nc1ccc(S(=O)(=O)Nc2ncccn2)cc1)c1cc(-c2ccc(Cl)c(Cl)c2)n[nH]1. The Morgan fingerprint density at radius 1 is 0.938 bits per heavy atom. The van der Waals surface area contributed by atoms with E-state index in [0.29, 0.717) is 27.0 Å². The summed E-state index contributed by atoms with van der Waals surface area (Å²) in [5, 5.41) is 10.3. The van der Waals surface area contributed by atoms with Gasteiger partial charge >= 0.3 is 0 Å². The van der Waals surface area contributed by atoms with Crippen LogP contribution in [0.5, 0.6) is 0 Å². The number of sulfonamides is 1. The molecule has 4 aromatic rings. The van der Waals surface area contributed by atoms with Crippen molar-refractivity contribution in [2.24, 2.45) is 0 Å². The lowest BCUT2D eigenvalue weighted by Gasteiger charge is -2.08. The van der Waals surface area contributed by atoms with Crippen LogP contribution in [0.2, 0.25) is 10.0 Å². The van der Waals surface area contributed by atoms with E-state index >= 15 is 0 Å². The summed E-state index contributed by atoms with van der Waals surface area (Å²) in [6.45, 7) is 0. The number of hydrogen-bond acceptors (Lipinski definition) is 6. The molecule has 0 aliphatic rings. The number of halogens is 2. The normalized spacial score (nSPS) is 11.2. The van der Waals surface area contributed by atoms with Crippen molar-refractivity contribution in [1.82, 2.24) is 20.2 Å². The van der Waals surface area contributed by atoms with Crippen molar-refractivity contribution >= 4 is 50.8 Å². The average Bonchev–Trinajstić information content (AvgIpc) is 3.27. The van der Waals surface area contributed by atoms with Crippen LogP contribution in [0.25, 0.3) is 11.3 Å². The highest BCUT2D eigenvalue weighted by Gasteiger charge is 2.16. The van der Waals surface area contributed by atoms with Gasteiger partial charge in [-0.15, -0.1) is 0 Å². The van der Waals surface area contributed by atoms with E-state index in [2.05, 4.69) is 30.2 Å². The van der Waals surface area contributed by atoms with Gasteiger partial charge < -0.3 is 5.32 Å². The van der Waals surface area contributed by atoms with Crippen molar-refractivity contribution in [3.05, 3.63) is 82.7 Å². The number of H-pyrrole nitrogens is 1. The van der Waals surface area contributed by atoms with E-state index in [1.807, 2.05) is 0 Å². The summed E-state index contributed by atoms with van der Waals surface area (Å²) in [4.78, 5) is 20.2. The molecule has 0 aliphatic carbocycles. The van der Waals surface area contributed by atoms with Crippen LogP contribution in [0.1, 0.15) is 10.5 Å². The van der Waals surface area contributed by atoms with Crippen LogP contribution in [-0.2, 0) is 10.0 Å². The second kappa shape index (κ2) is 8.95. The molecule has 12 heteroatoms. The number of nitrogens with one attached hydrogen (secondary N) is 3. The first-order valence-electron chi connectivity index (χ1n) is 9.04.